The minimum atomic E-state index is -0.0375. The Morgan fingerprint density at radius 2 is 2.00 bits per heavy atom. The van der Waals surface area contributed by atoms with E-state index in [1.165, 1.54) is 16.9 Å². The van der Waals surface area contributed by atoms with Crippen molar-refractivity contribution in [3.05, 3.63) is 68.9 Å². The van der Waals surface area contributed by atoms with Crippen molar-refractivity contribution < 1.29 is 4.79 Å². The van der Waals surface area contributed by atoms with E-state index in [1.54, 1.807) is 11.3 Å². The van der Waals surface area contributed by atoms with E-state index >= 15 is 0 Å². The van der Waals surface area contributed by atoms with E-state index in [0.717, 1.165) is 26.5 Å². The Morgan fingerprint density at radius 1 is 1.20 bits per heavy atom. The number of carbonyl (C=O) groups excluding carboxylic acids is 1. The first-order valence-corrected chi connectivity index (χ1v) is 9.68. The number of thiophene rings is 2. The zero-order valence-corrected chi connectivity index (χ0v) is 15.6. The number of nitrogens with zero attached hydrogens (tertiary/aromatic N) is 2. The standard InChI is InChI=1S/C19H17N3OS2/c1-12-5-7-14(8-6-12)22-19-16(13(2)21-22)10-17(25-19)18(23)20-11-15-4-3-9-24-15/h3-10H,11H2,1-2H3,(H,20,23). The van der Waals surface area contributed by atoms with Crippen molar-refractivity contribution in [2.75, 3.05) is 0 Å². The fourth-order valence-electron chi connectivity index (χ4n) is 2.69. The summed E-state index contributed by atoms with van der Waals surface area (Å²) in [6.07, 6.45) is 0. The summed E-state index contributed by atoms with van der Waals surface area (Å²) in [5.41, 5.74) is 3.16. The van der Waals surface area contributed by atoms with Gasteiger partial charge in [-0.25, -0.2) is 4.68 Å². The molecule has 25 heavy (non-hydrogen) atoms. The molecule has 3 aromatic heterocycles. The second kappa shape index (κ2) is 6.46. The zero-order valence-electron chi connectivity index (χ0n) is 13.9. The van der Waals surface area contributed by atoms with Crippen LogP contribution in [0.25, 0.3) is 15.9 Å². The van der Waals surface area contributed by atoms with Gasteiger partial charge in [0.15, 0.2) is 0 Å². The predicted octanol–water partition coefficient (Wildman–Crippen LogP) is 4.70. The number of aromatic nitrogens is 2. The van der Waals surface area contributed by atoms with E-state index < -0.39 is 0 Å². The lowest BCUT2D eigenvalue weighted by atomic mass is 10.2. The molecule has 0 saturated carbocycles. The Balaban J connectivity index is 1.64. The zero-order chi connectivity index (χ0) is 17.4. The minimum absolute atomic E-state index is 0.0375. The summed E-state index contributed by atoms with van der Waals surface area (Å²) >= 11 is 3.13. The van der Waals surface area contributed by atoms with Crippen LogP contribution < -0.4 is 5.32 Å². The topological polar surface area (TPSA) is 46.9 Å². The van der Waals surface area contributed by atoms with Gasteiger partial charge in [0.05, 0.1) is 22.8 Å². The average molecular weight is 367 g/mol. The van der Waals surface area contributed by atoms with Gasteiger partial charge in [-0.1, -0.05) is 23.8 Å². The van der Waals surface area contributed by atoms with Gasteiger partial charge in [0.25, 0.3) is 5.91 Å². The summed E-state index contributed by atoms with van der Waals surface area (Å²) in [5, 5.41) is 10.7. The number of aryl methyl sites for hydroxylation is 2. The molecule has 0 spiro atoms. The minimum Gasteiger partial charge on any atom is -0.346 e. The molecule has 126 valence electrons. The molecular weight excluding hydrogens is 350 g/mol. The first-order chi connectivity index (χ1) is 12.1. The van der Waals surface area contributed by atoms with Gasteiger partial charge in [0.2, 0.25) is 0 Å². The summed E-state index contributed by atoms with van der Waals surface area (Å²) in [7, 11) is 0. The van der Waals surface area contributed by atoms with Crippen molar-refractivity contribution in [1.29, 1.82) is 0 Å². The Morgan fingerprint density at radius 3 is 2.72 bits per heavy atom. The highest BCUT2D eigenvalue weighted by molar-refractivity contribution is 7.20. The number of hydrogen-bond acceptors (Lipinski definition) is 4. The van der Waals surface area contributed by atoms with Crippen molar-refractivity contribution in [2.24, 2.45) is 0 Å². The van der Waals surface area contributed by atoms with Gasteiger partial charge in [0, 0.05) is 10.3 Å². The van der Waals surface area contributed by atoms with Crippen LogP contribution in [0.1, 0.15) is 25.8 Å². The summed E-state index contributed by atoms with van der Waals surface area (Å²) < 4.78 is 1.92. The molecule has 0 bridgehead atoms. The maximum absolute atomic E-state index is 12.5. The van der Waals surface area contributed by atoms with Crippen molar-refractivity contribution >= 4 is 38.8 Å². The van der Waals surface area contributed by atoms with Gasteiger partial charge in [-0.2, -0.15) is 5.10 Å². The third kappa shape index (κ3) is 3.10. The fourth-order valence-corrected chi connectivity index (χ4v) is 4.43. The lowest BCUT2D eigenvalue weighted by Gasteiger charge is -2.03. The molecule has 1 aromatic carbocycles. The van der Waals surface area contributed by atoms with Crippen molar-refractivity contribution in [2.45, 2.75) is 20.4 Å². The number of fused-ring (bicyclic) bond motifs is 1. The van der Waals surface area contributed by atoms with Crippen LogP contribution in [0.15, 0.2) is 47.8 Å². The van der Waals surface area contributed by atoms with Crippen LogP contribution in [-0.4, -0.2) is 15.7 Å². The highest BCUT2D eigenvalue weighted by Crippen LogP contribution is 2.30. The second-order valence-corrected chi connectivity index (χ2v) is 7.99. The third-order valence-corrected chi connectivity index (χ3v) is 6.04. The Kier molecular flexibility index (Phi) is 4.15. The van der Waals surface area contributed by atoms with Gasteiger partial charge in [-0.05, 0) is 43.5 Å². The molecule has 0 radical (unpaired) electrons. The molecule has 4 rings (SSSR count). The summed E-state index contributed by atoms with van der Waals surface area (Å²) in [6.45, 7) is 4.61. The Labute approximate surface area is 153 Å². The van der Waals surface area contributed by atoms with E-state index in [4.69, 9.17) is 0 Å². The number of amides is 1. The van der Waals surface area contributed by atoms with Gasteiger partial charge in [-0.3, -0.25) is 4.79 Å². The van der Waals surface area contributed by atoms with Crippen molar-refractivity contribution in [1.82, 2.24) is 15.1 Å². The second-order valence-electron chi connectivity index (χ2n) is 5.92. The molecular formula is C19H17N3OS2. The maximum atomic E-state index is 12.5. The molecule has 0 aliphatic rings. The molecule has 3 heterocycles. The molecule has 6 heteroatoms. The molecule has 0 fully saturated rings. The van der Waals surface area contributed by atoms with Crippen LogP contribution in [0.5, 0.6) is 0 Å². The predicted molar refractivity (Wildman–Crippen MR) is 104 cm³/mol. The van der Waals surface area contributed by atoms with Crippen LogP contribution in [0.3, 0.4) is 0 Å². The highest BCUT2D eigenvalue weighted by Gasteiger charge is 2.17. The smallest absolute Gasteiger partial charge is 0.261 e. The molecule has 0 unspecified atom stereocenters. The number of benzene rings is 1. The van der Waals surface area contributed by atoms with E-state index in [-0.39, 0.29) is 5.91 Å². The maximum Gasteiger partial charge on any atom is 0.261 e. The van der Waals surface area contributed by atoms with E-state index in [1.807, 2.05) is 35.2 Å². The molecule has 0 aliphatic carbocycles. The molecule has 1 N–H and O–H groups in total. The number of nitrogens with one attached hydrogen (secondary N) is 1. The monoisotopic (exact) mass is 367 g/mol. The molecule has 1 amide bonds. The quantitative estimate of drug-likeness (QED) is 0.568. The number of rotatable bonds is 4. The van der Waals surface area contributed by atoms with Gasteiger partial charge >= 0.3 is 0 Å². The van der Waals surface area contributed by atoms with Gasteiger partial charge < -0.3 is 5.32 Å². The number of carbonyl (C=O) groups is 1. The Bertz CT molecular complexity index is 1030. The SMILES string of the molecule is Cc1ccc(-n2nc(C)c3cc(C(=O)NCc4cccs4)sc32)cc1. The number of hydrogen-bond donors (Lipinski definition) is 1. The van der Waals surface area contributed by atoms with E-state index in [9.17, 15) is 4.79 Å². The van der Waals surface area contributed by atoms with Crippen LogP contribution in [-0.2, 0) is 6.54 Å². The lowest BCUT2D eigenvalue weighted by Crippen LogP contribution is -2.21. The summed E-state index contributed by atoms with van der Waals surface area (Å²) in [6, 6.07) is 14.2. The van der Waals surface area contributed by atoms with Crippen LogP contribution in [0.4, 0.5) is 0 Å². The Hall–Kier alpha value is -2.44. The largest absolute Gasteiger partial charge is 0.346 e. The molecule has 4 aromatic rings. The van der Waals surface area contributed by atoms with Gasteiger partial charge in [-0.15, -0.1) is 22.7 Å². The van der Waals surface area contributed by atoms with E-state index in [2.05, 4.69) is 41.6 Å². The average Bonchev–Trinajstić information content (AvgIpc) is 3.32. The summed E-state index contributed by atoms with van der Waals surface area (Å²) in [5.74, 6) is -0.0375. The van der Waals surface area contributed by atoms with Crippen LogP contribution in [0, 0.1) is 13.8 Å². The highest BCUT2D eigenvalue weighted by atomic mass is 32.1. The van der Waals surface area contributed by atoms with Crippen LogP contribution >= 0.6 is 22.7 Å². The lowest BCUT2D eigenvalue weighted by molar-refractivity contribution is 0.0955. The first kappa shape index (κ1) is 16.1. The van der Waals surface area contributed by atoms with Crippen LogP contribution in [0.2, 0.25) is 0 Å². The molecule has 0 saturated heterocycles. The third-order valence-electron chi connectivity index (χ3n) is 4.05. The summed E-state index contributed by atoms with van der Waals surface area (Å²) in [4.78, 5) is 15.4. The molecule has 0 atom stereocenters. The van der Waals surface area contributed by atoms with Crippen molar-refractivity contribution in [3.63, 3.8) is 0 Å². The van der Waals surface area contributed by atoms with Crippen molar-refractivity contribution in [3.8, 4) is 5.69 Å². The van der Waals surface area contributed by atoms with Gasteiger partial charge in [0.1, 0.15) is 4.83 Å². The molecule has 0 aliphatic heterocycles. The van der Waals surface area contributed by atoms with E-state index in [0.29, 0.717) is 11.4 Å². The first-order valence-electron chi connectivity index (χ1n) is 7.98. The normalized spacial score (nSPS) is 11.1. The molecule has 4 nitrogen and oxygen atoms in total. The fraction of sp³-hybridized carbons (Fsp3) is 0.158.